The van der Waals surface area contributed by atoms with Gasteiger partial charge in [0.1, 0.15) is 23.8 Å². The van der Waals surface area contributed by atoms with Crippen LogP contribution in [-0.4, -0.2) is 16.7 Å². The summed E-state index contributed by atoms with van der Waals surface area (Å²) >= 11 is 0. The van der Waals surface area contributed by atoms with Crippen molar-refractivity contribution >= 4 is 5.57 Å². The Balaban J connectivity index is 1.74. The second-order valence-electron chi connectivity index (χ2n) is 6.98. The maximum Gasteiger partial charge on any atom is 0.416 e. The number of halogens is 3. The van der Waals surface area contributed by atoms with Crippen LogP contribution in [0.5, 0.6) is 5.75 Å². The van der Waals surface area contributed by atoms with Crippen molar-refractivity contribution in [1.29, 1.82) is 0 Å². The summed E-state index contributed by atoms with van der Waals surface area (Å²) in [6.07, 6.45) is -4.39. The van der Waals surface area contributed by atoms with Crippen molar-refractivity contribution in [3.05, 3.63) is 76.7 Å². The molecular formula is C23H22F3NO3. The molecule has 0 saturated heterocycles. The molecule has 158 valence electrons. The standard InChI is InChI=1S/C23H22F3NO3/c1-14(12-28)15(2)18-5-4-6-20(11-18)29-13-21-16(3)30-22(27-21)17-7-9-19(10-8-17)23(24,25)26/h4-11,28H,12-13H2,1-3H3/b15-14-. The highest BCUT2D eigenvalue weighted by Gasteiger charge is 2.30. The van der Waals surface area contributed by atoms with Gasteiger partial charge in [-0.15, -0.1) is 0 Å². The smallest absolute Gasteiger partial charge is 0.416 e. The molecule has 2 aromatic carbocycles. The normalized spacial score (nSPS) is 12.6. The Kier molecular flexibility index (Phi) is 6.31. The van der Waals surface area contributed by atoms with Gasteiger partial charge >= 0.3 is 6.18 Å². The number of hydrogen-bond donors (Lipinski definition) is 1. The van der Waals surface area contributed by atoms with Crippen molar-refractivity contribution in [2.24, 2.45) is 0 Å². The summed E-state index contributed by atoms with van der Waals surface area (Å²) in [6.45, 7) is 5.67. The molecule has 0 aliphatic carbocycles. The first kappa shape index (κ1) is 21.6. The molecule has 0 atom stereocenters. The van der Waals surface area contributed by atoms with Gasteiger partial charge in [0.05, 0.1) is 12.2 Å². The molecule has 0 aliphatic rings. The summed E-state index contributed by atoms with van der Waals surface area (Å²) in [4.78, 5) is 4.37. The summed E-state index contributed by atoms with van der Waals surface area (Å²) in [5.74, 6) is 1.41. The summed E-state index contributed by atoms with van der Waals surface area (Å²) in [5.41, 5.74) is 3.10. The lowest BCUT2D eigenvalue weighted by molar-refractivity contribution is -0.137. The molecule has 0 radical (unpaired) electrons. The minimum Gasteiger partial charge on any atom is -0.487 e. The molecular weight excluding hydrogens is 395 g/mol. The number of aryl methyl sites for hydroxylation is 1. The third kappa shape index (κ3) is 4.91. The Morgan fingerprint density at radius 3 is 2.43 bits per heavy atom. The number of oxazole rings is 1. The second-order valence-corrected chi connectivity index (χ2v) is 6.98. The van der Waals surface area contributed by atoms with Gasteiger partial charge in [0.25, 0.3) is 0 Å². The van der Waals surface area contributed by atoms with Crippen LogP contribution >= 0.6 is 0 Å². The summed E-state index contributed by atoms with van der Waals surface area (Å²) in [7, 11) is 0. The Labute approximate surface area is 172 Å². The monoisotopic (exact) mass is 417 g/mol. The molecule has 0 unspecified atom stereocenters. The van der Waals surface area contributed by atoms with E-state index in [9.17, 15) is 18.3 Å². The van der Waals surface area contributed by atoms with Crippen LogP contribution in [0.4, 0.5) is 13.2 Å². The lowest BCUT2D eigenvalue weighted by atomic mass is 10.0. The number of aromatic nitrogens is 1. The molecule has 0 bridgehead atoms. The third-order valence-electron chi connectivity index (χ3n) is 4.87. The second kappa shape index (κ2) is 8.75. The molecule has 1 aromatic heterocycles. The molecule has 1 heterocycles. The van der Waals surface area contributed by atoms with Crippen LogP contribution in [0.25, 0.3) is 17.0 Å². The van der Waals surface area contributed by atoms with Crippen molar-refractivity contribution < 1.29 is 27.4 Å². The van der Waals surface area contributed by atoms with Gasteiger partial charge < -0.3 is 14.3 Å². The molecule has 3 rings (SSSR count). The van der Waals surface area contributed by atoms with Gasteiger partial charge in [0, 0.05) is 5.56 Å². The van der Waals surface area contributed by atoms with E-state index < -0.39 is 11.7 Å². The van der Waals surface area contributed by atoms with E-state index in [4.69, 9.17) is 9.15 Å². The largest absolute Gasteiger partial charge is 0.487 e. The highest BCUT2D eigenvalue weighted by Crippen LogP contribution is 2.31. The maximum atomic E-state index is 12.7. The van der Waals surface area contributed by atoms with Gasteiger partial charge in [-0.2, -0.15) is 13.2 Å². The SMILES string of the molecule is C/C(CO)=C(\C)c1cccc(OCc2nc(-c3ccc(C(F)(F)F)cc3)oc2C)c1. The average molecular weight is 417 g/mol. The van der Waals surface area contributed by atoms with Crippen molar-refractivity contribution in [3.8, 4) is 17.2 Å². The van der Waals surface area contributed by atoms with E-state index in [2.05, 4.69) is 4.98 Å². The predicted octanol–water partition coefficient (Wildman–Crippen LogP) is 6.03. The minimum atomic E-state index is -4.39. The molecule has 3 aromatic rings. The molecule has 0 fully saturated rings. The third-order valence-corrected chi connectivity index (χ3v) is 4.87. The van der Waals surface area contributed by atoms with E-state index >= 15 is 0 Å². The zero-order valence-corrected chi connectivity index (χ0v) is 16.9. The van der Waals surface area contributed by atoms with Crippen LogP contribution in [0.1, 0.15) is 36.4 Å². The molecule has 7 heteroatoms. The summed E-state index contributed by atoms with van der Waals surface area (Å²) in [5, 5.41) is 9.31. The highest BCUT2D eigenvalue weighted by atomic mass is 19.4. The first-order valence-electron chi connectivity index (χ1n) is 9.33. The van der Waals surface area contributed by atoms with Gasteiger partial charge in [0.2, 0.25) is 5.89 Å². The lowest BCUT2D eigenvalue weighted by Gasteiger charge is -2.09. The Bertz CT molecular complexity index is 1050. The predicted molar refractivity (Wildman–Crippen MR) is 108 cm³/mol. The van der Waals surface area contributed by atoms with E-state index in [0.717, 1.165) is 28.8 Å². The zero-order valence-electron chi connectivity index (χ0n) is 16.9. The van der Waals surface area contributed by atoms with Crippen LogP contribution < -0.4 is 4.74 Å². The van der Waals surface area contributed by atoms with E-state index in [-0.39, 0.29) is 19.1 Å². The van der Waals surface area contributed by atoms with Gasteiger partial charge in [-0.1, -0.05) is 12.1 Å². The molecule has 1 N–H and O–H groups in total. The summed E-state index contributed by atoms with van der Waals surface area (Å²) < 4.78 is 49.6. The quantitative estimate of drug-likeness (QED) is 0.532. The average Bonchev–Trinajstić information content (AvgIpc) is 3.11. The van der Waals surface area contributed by atoms with E-state index in [0.29, 0.717) is 22.8 Å². The number of hydrogen-bond acceptors (Lipinski definition) is 4. The molecule has 4 nitrogen and oxygen atoms in total. The topological polar surface area (TPSA) is 55.5 Å². The van der Waals surface area contributed by atoms with Crippen molar-refractivity contribution in [3.63, 3.8) is 0 Å². The van der Waals surface area contributed by atoms with Crippen molar-refractivity contribution in [1.82, 2.24) is 4.98 Å². The Morgan fingerprint density at radius 2 is 1.80 bits per heavy atom. The number of nitrogens with zero attached hydrogens (tertiary/aromatic N) is 1. The number of aliphatic hydroxyl groups is 1. The van der Waals surface area contributed by atoms with E-state index in [1.165, 1.54) is 12.1 Å². The number of benzene rings is 2. The van der Waals surface area contributed by atoms with Gasteiger partial charge in [-0.3, -0.25) is 0 Å². The van der Waals surface area contributed by atoms with Crippen LogP contribution in [0.3, 0.4) is 0 Å². The van der Waals surface area contributed by atoms with Gasteiger partial charge in [-0.05, 0) is 73.9 Å². The molecule has 0 saturated carbocycles. The first-order chi connectivity index (χ1) is 14.2. The molecule has 30 heavy (non-hydrogen) atoms. The molecule has 0 spiro atoms. The number of ether oxygens (including phenoxy) is 1. The Hall–Kier alpha value is -3.06. The molecule has 0 amide bonds. The zero-order chi connectivity index (χ0) is 21.9. The maximum absolute atomic E-state index is 12.7. The van der Waals surface area contributed by atoms with E-state index in [1.807, 2.05) is 38.1 Å². The van der Waals surface area contributed by atoms with Gasteiger partial charge in [-0.25, -0.2) is 4.98 Å². The summed E-state index contributed by atoms with van der Waals surface area (Å²) in [6, 6.07) is 12.2. The number of aliphatic hydroxyl groups excluding tert-OH is 1. The lowest BCUT2D eigenvalue weighted by Crippen LogP contribution is -2.04. The fourth-order valence-electron chi connectivity index (χ4n) is 2.82. The van der Waals surface area contributed by atoms with Crippen LogP contribution in [-0.2, 0) is 12.8 Å². The van der Waals surface area contributed by atoms with Crippen molar-refractivity contribution in [2.75, 3.05) is 6.61 Å². The fraction of sp³-hybridized carbons (Fsp3) is 0.261. The number of alkyl halides is 3. The fourth-order valence-corrected chi connectivity index (χ4v) is 2.82. The van der Waals surface area contributed by atoms with E-state index in [1.54, 1.807) is 6.92 Å². The van der Waals surface area contributed by atoms with Crippen LogP contribution in [0.15, 0.2) is 58.5 Å². The van der Waals surface area contributed by atoms with Crippen molar-refractivity contribution in [2.45, 2.75) is 33.6 Å². The van der Waals surface area contributed by atoms with Gasteiger partial charge in [0.15, 0.2) is 0 Å². The number of allylic oxidation sites excluding steroid dienone is 1. The first-order valence-corrected chi connectivity index (χ1v) is 9.33. The minimum absolute atomic E-state index is 0.0121. The van der Waals surface area contributed by atoms with Crippen LogP contribution in [0, 0.1) is 6.92 Å². The Morgan fingerprint density at radius 1 is 1.10 bits per heavy atom. The number of rotatable bonds is 6. The highest BCUT2D eigenvalue weighted by molar-refractivity contribution is 5.67. The van der Waals surface area contributed by atoms with Crippen LogP contribution in [0.2, 0.25) is 0 Å². The molecule has 0 aliphatic heterocycles.